The SMILES string of the molecule is Cc1cccc(OCC2CCCCC2CN)c1[N+](=O)[O-]. The number of ether oxygens (including phenoxy) is 1. The second kappa shape index (κ2) is 6.70. The summed E-state index contributed by atoms with van der Waals surface area (Å²) in [5.41, 5.74) is 6.51. The molecule has 20 heavy (non-hydrogen) atoms. The number of hydrogen-bond donors (Lipinski definition) is 1. The molecule has 0 amide bonds. The lowest BCUT2D eigenvalue weighted by Gasteiger charge is -2.30. The lowest BCUT2D eigenvalue weighted by atomic mass is 9.80. The molecule has 0 spiro atoms. The maximum Gasteiger partial charge on any atom is 0.313 e. The molecule has 0 bridgehead atoms. The smallest absolute Gasteiger partial charge is 0.313 e. The van der Waals surface area contributed by atoms with Crippen LogP contribution in [0.5, 0.6) is 5.75 Å². The van der Waals surface area contributed by atoms with E-state index in [1.54, 1.807) is 25.1 Å². The van der Waals surface area contributed by atoms with Crippen molar-refractivity contribution in [1.29, 1.82) is 0 Å². The Hall–Kier alpha value is -1.62. The van der Waals surface area contributed by atoms with E-state index in [2.05, 4.69) is 0 Å². The molecule has 0 aliphatic heterocycles. The van der Waals surface area contributed by atoms with Crippen molar-refractivity contribution < 1.29 is 9.66 Å². The van der Waals surface area contributed by atoms with E-state index in [1.807, 2.05) is 0 Å². The predicted octanol–water partition coefficient (Wildman–Crippen LogP) is 3.05. The molecule has 0 heterocycles. The first-order valence-electron chi connectivity index (χ1n) is 7.20. The molecule has 1 aromatic rings. The molecule has 2 rings (SSSR count). The van der Waals surface area contributed by atoms with E-state index in [4.69, 9.17) is 10.5 Å². The standard InChI is InChI=1S/C15H22N2O3/c1-11-5-4-8-14(15(11)17(18)19)20-10-13-7-3-2-6-12(13)9-16/h4-5,8,12-13H,2-3,6-7,9-10,16H2,1H3. The van der Waals surface area contributed by atoms with Crippen LogP contribution in [0.15, 0.2) is 18.2 Å². The zero-order chi connectivity index (χ0) is 14.5. The topological polar surface area (TPSA) is 78.4 Å². The second-order valence-electron chi connectivity index (χ2n) is 5.53. The molecule has 1 fully saturated rings. The fraction of sp³-hybridized carbons (Fsp3) is 0.600. The summed E-state index contributed by atoms with van der Waals surface area (Å²) >= 11 is 0. The molecule has 0 radical (unpaired) electrons. The van der Waals surface area contributed by atoms with Gasteiger partial charge >= 0.3 is 5.69 Å². The molecule has 1 aromatic carbocycles. The molecule has 1 saturated carbocycles. The molecular formula is C15H22N2O3. The average molecular weight is 278 g/mol. The summed E-state index contributed by atoms with van der Waals surface area (Å²) in [6, 6.07) is 5.19. The molecule has 1 aliphatic carbocycles. The Morgan fingerprint density at radius 2 is 2.05 bits per heavy atom. The van der Waals surface area contributed by atoms with Gasteiger partial charge < -0.3 is 10.5 Å². The van der Waals surface area contributed by atoms with Gasteiger partial charge in [-0.1, -0.05) is 25.0 Å². The van der Waals surface area contributed by atoms with E-state index in [0.29, 0.717) is 36.3 Å². The van der Waals surface area contributed by atoms with Gasteiger partial charge in [-0.15, -0.1) is 0 Å². The van der Waals surface area contributed by atoms with Crippen LogP contribution in [0.3, 0.4) is 0 Å². The van der Waals surface area contributed by atoms with Crippen molar-refractivity contribution in [2.24, 2.45) is 17.6 Å². The van der Waals surface area contributed by atoms with Gasteiger partial charge in [-0.3, -0.25) is 10.1 Å². The van der Waals surface area contributed by atoms with Gasteiger partial charge in [0.1, 0.15) is 0 Å². The maximum atomic E-state index is 11.1. The molecular weight excluding hydrogens is 256 g/mol. The molecule has 2 unspecified atom stereocenters. The van der Waals surface area contributed by atoms with Gasteiger partial charge in [-0.2, -0.15) is 0 Å². The van der Waals surface area contributed by atoms with Crippen LogP contribution < -0.4 is 10.5 Å². The number of benzene rings is 1. The number of aryl methyl sites for hydroxylation is 1. The summed E-state index contributed by atoms with van der Waals surface area (Å²) in [7, 11) is 0. The third-order valence-corrected chi connectivity index (χ3v) is 4.21. The van der Waals surface area contributed by atoms with Crippen molar-refractivity contribution in [2.75, 3.05) is 13.2 Å². The van der Waals surface area contributed by atoms with Gasteiger partial charge in [0.2, 0.25) is 0 Å². The van der Waals surface area contributed by atoms with Crippen molar-refractivity contribution in [3.63, 3.8) is 0 Å². The molecule has 110 valence electrons. The first kappa shape index (κ1) is 14.8. The van der Waals surface area contributed by atoms with Gasteiger partial charge in [0.25, 0.3) is 0 Å². The van der Waals surface area contributed by atoms with Crippen LogP contribution in [-0.2, 0) is 0 Å². The Balaban J connectivity index is 2.07. The Labute approximate surface area is 119 Å². The Morgan fingerprint density at radius 3 is 2.70 bits per heavy atom. The highest BCUT2D eigenvalue weighted by molar-refractivity contribution is 5.52. The monoisotopic (exact) mass is 278 g/mol. The van der Waals surface area contributed by atoms with Crippen LogP contribution in [0.4, 0.5) is 5.69 Å². The number of hydrogen-bond acceptors (Lipinski definition) is 4. The van der Waals surface area contributed by atoms with E-state index < -0.39 is 0 Å². The number of nitrogens with zero attached hydrogens (tertiary/aromatic N) is 1. The normalized spacial score (nSPS) is 22.5. The van der Waals surface area contributed by atoms with E-state index in [9.17, 15) is 10.1 Å². The fourth-order valence-corrected chi connectivity index (χ4v) is 2.99. The zero-order valence-corrected chi connectivity index (χ0v) is 11.9. The highest BCUT2D eigenvalue weighted by Crippen LogP contribution is 2.33. The highest BCUT2D eigenvalue weighted by Gasteiger charge is 2.26. The number of nitrogens with two attached hydrogens (primary N) is 1. The van der Waals surface area contributed by atoms with Crippen molar-refractivity contribution in [2.45, 2.75) is 32.6 Å². The minimum atomic E-state index is -0.369. The Kier molecular flexibility index (Phi) is 4.95. The van der Waals surface area contributed by atoms with Gasteiger partial charge in [-0.05, 0) is 44.2 Å². The minimum absolute atomic E-state index is 0.0765. The van der Waals surface area contributed by atoms with Crippen LogP contribution in [0, 0.1) is 28.9 Å². The Morgan fingerprint density at radius 1 is 1.35 bits per heavy atom. The number of nitro benzene ring substituents is 1. The van der Waals surface area contributed by atoms with E-state index in [1.165, 1.54) is 12.8 Å². The van der Waals surface area contributed by atoms with Gasteiger partial charge in [-0.25, -0.2) is 0 Å². The molecule has 5 heteroatoms. The van der Waals surface area contributed by atoms with Crippen molar-refractivity contribution in [1.82, 2.24) is 0 Å². The first-order chi connectivity index (χ1) is 9.63. The quantitative estimate of drug-likeness (QED) is 0.663. The predicted molar refractivity (Wildman–Crippen MR) is 77.8 cm³/mol. The van der Waals surface area contributed by atoms with E-state index >= 15 is 0 Å². The summed E-state index contributed by atoms with van der Waals surface area (Å²) in [5.74, 6) is 1.26. The molecule has 2 atom stereocenters. The summed E-state index contributed by atoms with van der Waals surface area (Å²) in [6.45, 7) is 2.92. The van der Waals surface area contributed by atoms with Crippen molar-refractivity contribution in [3.8, 4) is 5.75 Å². The van der Waals surface area contributed by atoms with Crippen LogP contribution >= 0.6 is 0 Å². The first-order valence-corrected chi connectivity index (χ1v) is 7.20. The second-order valence-corrected chi connectivity index (χ2v) is 5.53. The maximum absolute atomic E-state index is 11.1. The van der Waals surface area contributed by atoms with E-state index in [-0.39, 0.29) is 10.6 Å². The molecule has 0 aromatic heterocycles. The average Bonchev–Trinajstić information content (AvgIpc) is 2.45. The molecule has 0 saturated heterocycles. The number of nitro groups is 1. The molecule has 1 aliphatic rings. The molecule has 5 nitrogen and oxygen atoms in total. The van der Waals surface area contributed by atoms with Crippen LogP contribution in [0.1, 0.15) is 31.2 Å². The van der Waals surface area contributed by atoms with E-state index in [0.717, 1.165) is 12.8 Å². The lowest BCUT2D eigenvalue weighted by molar-refractivity contribution is -0.386. The largest absolute Gasteiger partial charge is 0.487 e. The third-order valence-electron chi connectivity index (χ3n) is 4.21. The lowest BCUT2D eigenvalue weighted by Crippen LogP contribution is -2.30. The van der Waals surface area contributed by atoms with Crippen LogP contribution in [0.25, 0.3) is 0 Å². The van der Waals surface area contributed by atoms with Gasteiger partial charge in [0.15, 0.2) is 5.75 Å². The summed E-state index contributed by atoms with van der Waals surface area (Å²) in [5, 5.41) is 11.1. The van der Waals surface area contributed by atoms with Gasteiger partial charge in [0.05, 0.1) is 11.5 Å². The third kappa shape index (κ3) is 3.28. The minimum Gasteiger partial charge on any atom is -0.487 e. The van der Waals surface area contributed by atoms with Crippen molar-refractivity contribution >= 4 is 5.69 Å². The van der Waals surface area contributed by atoms with Crippen LogP contribution in [0.2, 0.25) is 0 Å². The van der Waals surface area contributed by atoms with Gasteiger partial charge in [0, 0.05) is 5.56 Å². The summed E-state index contributed by atoms with van der Waals surface area (Å²) in [6.07, 6.45) is 4.66. The van der Waals surface area contributed by atoms with Crippen LogP contribution in [-0.4, -0.2) is 18.1 Å². The zero-order valence-electron chi connectivity index (χ0n) is 11.9. The number of rotatable bonds is 5. The summed E-state index contributed by atoms with van der Waals surface area (Å²) < 4.78 is 5.75. The Bertz CT molecular complexity index is 476. The molecule has 2 N–H and O–H groups in total. The fourth-order valence-electron chi connectivity index (χ4n) is 2.99. The summed E-state index contributed by atoms with van der Waals surface area (Å²) in [4.78, 5) is 10.8. The highest BCUT2D eigenvalue weighted by atomic mass is 16.6. The number of para-hydroxylation sites is 1. The van der Waals surface area contributed by atoms with Crippen molar-refractivity contribution in [3.05, 3.63) is 33.9 Å².